The standard InChI is InChI=1S/C31H33F3O2/c1-3-5-18-35-29-17-15-26(30(33)31(29)34)25-14-16-28(27(32)19-25)36-20-22-8-12-24(13-9-22)23-10-6-21(4-2)7-11-23/h4,8-9,12-17,19,21,23H,2-3,5-7,10-11,18,20H2,1H3. The summed E-state index contributed by atoms with van der Waals surface area (Å²) in [5, 5.41) is 0. The van der Waals surface area contributed by atoms with Gasteiger partial charge in [-0.05, 0) is 84.9 Å². The molecule has 3 aromatic rings. The van der Waals surface area contributed by atoms with Gasteiger partial charge in [0, 0.05) is 5.56 Å². The molecule has 2 nitrogen and oxygen atoms in total. The van der Waals surface area contributed by atoms with Crippen molar-refractivity contribution in [3.05, 3.63) is 95.8 Å². The van der Waals surface area contributed by atoms with Crippen molar-refractivity contribution in [3.63, 3.8) is 0 Å². The normalized spacial score (nSPS) is 17.6. The summed E-state index contributed by atoms with van der Waals surface area (Å²) in [4.78, 5) is 0. The van der Waals surface area contributed by atoms with Crippen molar-refractivity contribution in [2.75, 3.05) is 6.61 Å². The van der Waals surface area contributed by atoms with E-state index >= 15 is 0 Å². The zero-order valence-electron chi connectivity index (χ0n) is 20.7. The van der Waals surface area contributed by atoms with Crippen LogP contribution in [0.5, 0.6) is 11.5 Å². The lowest BCUT2D eigenvalue weighted by Crippen LogP contribution is -2.11. The average Bonchev–Trinajstić information content (AvgIpc) is 2.91. The first kappa shape index (κ1) is 25.9. The minimum Gasteiger partial charge on any atom is -0.490 e. The molecule has 0 aromatic heterocycles. The highest BCUT2D eigenvalue weighted by Gasteiger charge is 2.21. The lowest BCUT2D eigenvalue weighted by atomic mass is 9.79. The van der Waals surface area contributed by atoms with E-state index < -0.39 is 17.5 Å². The Labute approximate surface area is 211 Å². The molecule has 1 aliphatic rings. The molecule has 190 valence electrons. The van der Waals surface area contributed by atoms with Crippen LogP contribution in [0.2, 0.25) is 0 Å². The topological polar surface area (TPSA) is 18.5 Å². The third-order valence-electron chi connectivity index (χ3n) is 7.00. The highest BCUT2D eigenvalue weighted by atomic mass is 19.2. The number of rotatable bonds is 10. The minimum absolute atomic E-state index is 0.0292. The molecule has 1 aliphatic carbocycles. The van der Waals surface area contributed by atoms with Crippen LogP contribution in [-0.2, 0) is 6.61 Å². The lowest BCUT2D eigenvalue weighted by Gasteiger charge is -2.27. The Morgan fingerprint density at radius 2 is 1.58 bits per heavy atom. The Morgan fingerprint density at radius 3 is 2.25 bits per heavy atom. The van der Waals surface area contributed by atoms with Gasteiger partial charge in [0.05, 0.1) is 6.61 Å². The first-order valence-corrected chi connectivity index (χ1v) is 12.7. The number of hydrogen-bond acceptors (Lipinski definition) is 2. The molecule has 36 heavy (non-hydrogen) atoms. The molecular weight excluding hydrogens is 461 g/mol. The summed E-state index contributed by atoms with van der Waals surface area (Å²) in [6.45, 7) is 6.42. The molecule has 5 heteroatoms. The number of unbranched alkanes of at least 4 members (excludes halogenated alkanes) is 1. The van der Waals surface area contributed by atoms with Gasteiger partial charge in [-0.25, -0.2) is 8.78 Å². The summed E-state index contributed by atoms with van der Waals surface area (Å²) < 4.78 is 54.8. The van der Waals surface area contributed by atoms with Crippen LogP contribution in [0.25, 0.3) is 11.1 Å². The van der Waals surface area contributed by atoms with Crippen LogP contribution in [0.15, 0.2) is 67.3 Å². The molecule has 0 aliphatic heterocycles. The van der Waals surface area contributed by atoms with E-state index in [1.54, 1.807) is 0 Å². The Morgan fingerprint density at radius 1 is 0.861 bits per heavy atom. The van der Waals surface area contributed by atoms with Crippen molar-refractivity contribution in [1.82, 2.24) is 0 Å². The van der Waals surface area contributed by atoms with Gasteiger partial charge in [-0.2, -0.15) is 4.39 Å². The molecule has 1 fully saturated rings. The van der Waals surface area contributed by atoms with E-state index in [4.69, 9.17) is 9.47 Å². The zero-order valence-corrected chi connectivity index (χ0v) is 20.7. The first-order valence-electron chi connectivity index (χ1n) is 12.7. The van der Waals surface area contributed by atoms with Crippen LogP contribution in [0.4, 0.5) is 13.2 Å². The van der Waals surface area contributed by atoms with Gasteiger partial charge in [0.1, 0.15) is 6.61 Å². The van der Waals surface area contributed by atoms with Crippen LogP contribution < -0.4 is 9.47 Å². The number of halogens is 3. The van der Waals surface area contributed by atoms with Gasteiger partial charge in [-0.15, -0.1) is 6.58 Å². The summed E-state index contributed by atoms with van der Waals surface area (Å²) in [5.74, 6) is -1.63. The average molecular weight is 495 g/mol. The number of benzene rings is 3. The van der Waals surface area contributed by atoms with Crippen LogP contribution in [0.3, 0.4) is 0 Å². The van der Waals surface area contributed by atoms with Gasteiger partial charge >= 0.3 is 0 Å². The quantitative estimate of drug-likeness (QED) is 0.207. The van der Waals surface area contributed by atoms with Crippen molar-refractivity contribution in [2.45, 2.75) is 58.0 Å². The maximum atomic E-state index is 14.8. The Kier molecular flexibility index (Phi) is 8.74. The van der Waals surface area contributed by atoms with E-state index in [1.165, 1.54) is 55.5 Å². The van der Waals surface area contributed by atoms with Crippen LogP contribution >= 0.6 is 0 Å². The molecule has 0 spiro atoms. The third kappa shape index (κ3) is 6.13. The van der Waals surface area contributed by atoms with Crippen molar-refractivity contribution >= 4 is 0 Å². The van der Waals surface area contributed by atoms with Crippen molar-refractivity contribution in [2.24, 2.45) is 5.92 Å². The van der Waals surface area contributed by atoms with Gasteiger partial charge in [0.15, 0.2) is 23.1 Å². The van der Waals surface area contributed by atoms with E-state index in [-0.39, 0.29) is 29.2 Å². The molecule has 0 amide bonds. The molecular formula is C31H33F3O2. The summed E-state index contributed by atoms with van der Waals surface area (Å²) in [6.07, 6.45) is 8.40. The predicted molar refractivity (Wildman–Crippen MR) is 138 cm³/mol. The Hall–Kier alpha value is -3.21. The fourth-order valence-electron chi connectivity index (χ4n) is 4.71. The fourth-order valence-corrected chi connectivity index (χ4v) is 4.71. The third-order valence-corrected chi connectivity index (χ3v) is 7.00. The fraction of sp³-hybridized carbons (Fsp3) is 0.355. The SMILES string of the molecule is C=CC1CCC(c2ccc(COc3ccc(-c4ccc(OCCCC)c(F)c4F)cc3F)cc2)CC1. The molecule has 0 N–H and O–H groups in total. The Bertz CT molecular complexity index is 1170. The summed E-state index contributed by atoms with van der Waals surface area (Å²) >= 11 is 0. The van der Waals surface area contributed by atoms with Crippen molar-refractivity contribution < 1.29 is 22.6 Å². The Balaban J connectivity index is 1.38. The zero-order chi connectivity index (χ0) is 25.5. The number of hydrogen-bond donors (Lipinski definition) is 0. The molecule has 0 unspecified atom stereocenters. The van der Waals surface area contributed by atoms with Crippen LogP contribution in [0, 0.1) is 23.4 Å². The highest BCUT2D eigenvalue weighted by Crippen LogP contribution is 2.36. The largest absolute Gasteiger partial charge is 0.490 e. The van der Waals surface area contributed by atoms with Crippen LogP contribution in [0.1, 0.15) is 62.5 Å². The van der Waals surface area contributed by atoms with Crippen LogP contribution in [-0.4, -0.2) is 6.61 Å². The van der Waals surface area contributed by atoms with Crippen molar-refractivity contribution in [1.29, 1.82) is 0 Å². The minimum atomic E-state index is -1.07. The van der Waals surface area contributed by atoms with Gasteiger partial charge in [0.25, 0.3) is 0 Å². The van der Waals surface area contributed by atoms with Gasteiger partial charge in [-0.3, -0.25) is 0 Å². The maximum absolute atomic E-state index is 14.8. The molecule has 0 saturated heterocycles. The number of allylic oxidation sites excluding steroid dienone is 1. The van der Waals surface area contributed by atoms with Gasteiger partial charge in [0.2, 0.25) is 5.82 Å². The monoisotopic (exact) mass is 494 g/mol. The molecule has 0 atom stereocenters. The number of ether oxygens (including phenoxy) is 2. The second-order valence-electron chi connectivity index (χ2n) is 9.46. The first-order chi connectivity index (χ1) is 17.5. The predicted octanol–water partition coefficient (Wildman–Crippen LogP) is 8.99. The van der Waals surface area contributed by atoms with Gasteiger partial charge < -0.3 is 9.47 Å². The molecule has 0 bridgehead atoms. The van der Waals surface area contributed by atoms with E-state index in [2.05, 4.69) is 24.8 Å². The van der Waals surface area contributed by atoms with Gasteiger partial charge in [-0.1, -0.05) is 49.8 Å². The molecule has 4 rings (SSSR count). The van der Waals surface area contributed by atoms with E-state index in [0.29, 0.717) is 18.4 Å². The highest BCUT2D eigenvalue weighted by molar-refractivity contribution is 5.66. The summed E-state index contributed by atoms with van der Waals surface area (Å²) in [7, 11) is 0. The van der Waals surface area contributed by atoms with E-state index in [1.807, 2.05) is 19.1 Å². The summed E-state index contributed by atoms with van der Waals surface area (Å²) in [6, 6.07) is 15.2. The summed E-state index contributed by atoms with van der Waals surface area (Å²) in [5.41, 5.74) is 2.46. The maximum Gasteiger partial charge on any atom is 0.201 e. The van der Waals surface area contributed by atoms with E-state index in [9.17, 15) is 13.2 Å². The molecule has 0 heterocycles. The smallest absolute Gasteiger partial charge is 0.201 e. The van der Waals surface area contributed by atoms with Crippen molar-refractivity contribution in [3.8, 4) is 22.6 Å². The second-order valence-corrected chi connectivity index (χ2v) is 9.46. The van der Waals surface area contributed by atoms with E-state index in [0.717, 1.165) is 24.5 Å². The molecule has 3 aromatic carbocycles. The lowest BCUT2D eigenvalue weighted by molar-refractivity contribution is 0.289. The molecule has 1 saturated carbocycles. The second kappa shape index (κ2) is 12.2. The molecule has 0 radical (unpaired) electrons.